The number of benzene rings is 1. The largest absolute Gasteiger partial charge is 0.335 e. The number of barbiturate groups is 1. The Balaban J connectivity index is 1.75. The Morgan fingerprint density at radius 1 is 1.03 bits per heavy atom. The van der Waals surface area contributed by atoms with E-state index >= 15 is 0 Å². The second kappa shape index (κ2) is 8.16. The van der Waals surface area contributed by atoms with E-state index in [2.05, 4.69) is 10.3 Å². The highest BCUT2D eigenvalue weighted by molar-refractivity contribution is 7.09. The summed E-state index contributed by atoms with van der Waals surface area (Å²) in [6.45, 7) is 0. The smallest absolute Gasteiger partial charge is 0.276 e. The molecule has 6 nitrogen and oxygen atoms in total. The van der Waals surface area contributed by atoms with E-state index in [0.29, 0.717) is 6.42 Å². The van der Waals surface area contributed by atoms with Gasteiger partial charge in [-0.15, -0.1) is 11.3 Å². The standard InChI is InChI=1S/C22H18FN3O3S/c23-17-5-1-2-6-18(17)26-20(28)22(19(27)25-21(26)29,14-16-4-3-13-30-16)10-7-15-8-11-24-12-9-15/h1-6,8-9,11-13H,7,10,14H2,(H,25,27,29)/t22-/m1/s1. The first kappa shape index (κ1) is 19.9. The molecule has 3 aromatic rings. The van der Waals surface area contributed by atoms with Crippen molar-refractivity contribution in [1.29, 1.82) is 0 Å². The molecule has 30 heavy (non-hydrogen) atoms. The number of urea groups is 1. The summed E-state index contributed by atoms with van der Waals surface area (Å²) >= 11 is 1.42. The molecule has 1 fully saturated rings. The maximum Gasteiger partial charge on any atom is 0.335 e. The summed E-state index contributed by atoms with van der Waals surface area (Å²) in [6, 6.07) is 11.9. The minimum Gasteiger partial charge on any atom is -0.276 e. The maximum atomic E-state index is 14.4. The van der Waals surface area contributed by atoms with Crippen molar-refractivity contribution in [2.45, 2.75) is 19.3 Å². The van der Waals surface area contributed by atoms with Crippen molar-refractivity contribution in [1.82, 2.24) is 10.3 Å². The normalized spacial score (nSPS) is 19.1. The number of anilines is 1. The van der Waals surface area contributed by atoms with Gasteiger partial charge in [-0.05, 0) is 54.1 Å². The van der Waals surface area contributed by atoms with Crippen LogP contribution in [0.5, 0.6) is 0 Å². The monoisotopic (exact) mass is 423 g/mol. The highest BCUT2D eigenvalue weighted by Gasteiger charge is 2.54. The van der Waals surface area contributed by atoms with E-state index in [1.165, 1.54) is 35.6 Å². The quantitative estimate of drug-likeness (QED) is 0.613. The van der Waals surface area contributed by atoms with Crippen LogP contribution in [0, 0.1) is 11.2 Å². The number of pyridine rings is 1. The Morgan fingerprint density at radius 3 is 2.50 bits per heavy atom. The first-order chi connectivity index (χ1) is 14.5. The molecular formula is C22H18FN3O3S. The fourth-order valence-corrected chi connectivity index (χ4v) is 4.43. The van der Waals surface area contributed by atoms with Crippen molar-refractivity contribution in [2.24, 2.45) is 5.41 Å². The number of hydrogen-bond acceptors (Lipinski definition) is 5. The average molecular weight is 423 g/mol. The molecule has 0 bridgehead atoms. The number of nitrogens with zero attached hydrogens (tertiary/aromatic N) is 2. The van der Waals surface area contributed by atoms with Crippen molar-refractivity contribution in [2.75, 3.05) is 4.90 Å². The maximum absolute atomic E-state index is 14.4. The van der Waals surface area contributed by atoms with Crippen molar-refractivity contribution in [3.05, 3.63) is 82.6 Å². The number of amides is 4. The average Bonchev–Trinajstić information content (AvgIpc) is 3.25. The summed E-state index contributed by atoms with van der Waals surface area (Å²) in [7, 11) is 0. The van der Waals surface area contributed by atoms with Crippen LogP contribution in [0.2, 0.25) is 0 Å². The Bertz CT molecular complexity index is 1090. The van der Waals surface area contributed by atoms with Gasteiger partial charge in [0.1, 0.15) is 11.2 Å². The number of para-hydroxylation sites is 1. The number of halogens is 1. The molecule has 0 radical (unpaired) electrons. The first-order valence-corrected chi connectivity index (χ1v) is 10.2. The van der Waals surface area contributed by atoms with Crippen molar-refractivity contribution >= 4 is 34.9 Å². The van der Waals surface area contributed by atoms with Crippen LogP contribution in [-0.2, 0) is 22.4 Å². The molecule has 1 saturated heterocycles. The molecular weight excluding hydrogens is 405 g/mol. The van der Waals surface area contributed by atoms with E-state index in [1.807, 2.05) is 29.6 Å². The Morgan fingerprint density at radius 2 is 1.80 bits per heavy atom. The van der Waals surface area contributed by atoms with Crippen LogP contribution >= 0.6 is 11.3 Å². The van der Waals surface area contributed by atoms with Crippen LogP contribution in [-0.4, -0.2) is 22.8 Å². The molecule has 2 aromatic heterocycles. The van der Waals surface area contributed by atoms with Crippen LogP contribution in [0.25, 0.3) is 0 Å². The third-order valence-electron chi connectivity index (χ3n) is 5.21. The molecule has 152 valence electrons. The Kier molecular flexibility index (Phi) is 5.41. The fourth-order valence-electron chi connectivity index (χ4n) is 3.61. The molecule has 8 heteroatoms. The molecule has 1 aliphatic heterocycles. The lowest BCUT2D eigenvalue weighted by Crippen LogP contribution is -2.65. The molecule has 4 rings (SSSR count). The van der Waals surface area contributed by atoms with Crippen molar-refractivity contribution in [3.63, 3.8) is 0 Å². The highest BCUT2D eigenvalue weighted by atomic mass is 32.1. The van der Waals surface area contributed by atoms with Gasteiger partial charge in [-0.2, -0.15) is 0 Å². The molecule has 0 spiro atoms. The van der Waals surface area contributed by atoms with Crippen LogP contribution in [0.3, 0.4) is 0 Å². The van der Waals surface area contributed by atoms with Crippen LogP contribution in [0.15, 0.2) is 66.3 Å². The summed E-state index contributed by atoms with van der Waals surface area (Å²) in [5.41, 5.74) is -0.804. The first-order valence-electron chi connectivity index (χ1n) is 9.37. The van der Waals surface area contributed by atoms with Gasteiger partial charge in [-0.3, -0.25) is 19.9 Å². The van der Waals surface area contributed by atoms with E-state index in [0.717, 1.165) is 15.3 Å². The van der Waals surface area contributed by atoms with Gasteiger partial charge in [0.25, 0.3) is 5.91 Å². The van der Waals surface area contributed by atoms with E-state index < -0.39 is 29.1 Å². The van der Waals surface area contributed by atoms with Gasteiger partial charge in [0.2, 0.25) is 5.91 Å². The van der Waals surface area contributed by atoms with Crippen LogP contribution in [0.1, 0.15) is 16.9 Å². The summed E-state index contributed by atoms with van der Waals surface area (Å²) in [6.07, 6.45) is 3.99. The van der Waals surface area contributed by atoms with Crippen molar-refractivity contribution < 1.29 is 18.8 Å². The van der Waals surface area contributed by atoms with E-state index in [4.69, 9.17) is 0 Å². The zero-order chi connectivity index (χ0) is 21.1. The number of nitrogens with one attached hydrogen (secondary N) is 1. The van der Waals surface area contributed by atoms with Gasteiger partial charge in [-0.1, -0.05) is 18.2 Å². The van der Waals surface area contributed by atoms with Gasteiger partial charge in [-0.25, -0.2) is 14.1 Å². The number of aromatic nitrogens is 1. The number of aryl methyl sites for hydroxylation is 1. The Hall–Kier alpha value is -3.39. The second-order valence-electron chi connectivity index (χ2n) is 7.04. The van der Waals surface area contributed by atoms with Gasteiger partial charge >= 0.3 is 6.03 Å². The van der Waals surface area contributed by atoms with E-state index in [9.17, 15) is 18.8 Å². The number of rotatable bonds is 6. The van der Waals surface area contributed by atoms with Gasteiger partial charge in [0, 0.05) is 23.7 Å². The van der Waals surface area contributed by atoms with E-state index in [1.54, 1.807) is 12.4 Å². The molecule has 1 aliphatic rings. The van der Waals surface area contributed by atoms with Crippen LogP contribution in [0.4, 0.5) is 14.9 Å². The highest BCUT2D eigenvalue weighted by Crippen LogP contribution is 2.38. The number of carbonyl (C=O) groups is 3. The summed E-state index contributed by atoms with van der Waals surface area (Å²) in [5, 5.41) is 4.14. The number of carbonyl (C=O) groups excluding carboxylic acids is 3. The number of hydrogen-bond donors (Lipinski definition) is 1. The number of imide groups is 2. The zero-order valence-corrected chi connectivity index (χ0v) is 16.7. The van der Waals surface area contributed by atoms with Crippen LogP contribution < -0.4 is 10.2 Å². The van der Waals surface area contributed by atoms with Gasteiger partial charge in [0.05, 0.1) is 5.69 Å². The molecule has 4 amide bonds. The predicted octanol–water partition coefficient (Wildman–Crippen LogP) is 3.73. The van der Waals surface area contributed by atoms with Crippen molar-refractivity contribution in [3.8, 4) is 0 Å². The third kappa shape index (κ3) is 3.61. The molecule has 0 unspecified atom stereocenters. The molecule has 1 atom stereocenters. The summed E-state index contributed by atoms with van der Waals surface area (Å²) in [4.78, 5) is 44.8. The lowest BCUT2D eigenvalue weighted by molar-refractivity contribution is -0.143. The fraction of sp³-hybridized carbons (Fsp3) is 0.182. The zero-order valence-electron chi connectivity index (χ0n) is 15.9. The minimum atomic E-state index is -1.54. The molecule has 3 heterocycles. The van der Waals surface area contributed by atoms with Gasteiger partial charge < -0.3 is 0 Å². The predicted molar refractivity (Wildman–Crippen MR) is 110 cm³/mol. The topological polar surface area (TPSA) is 79.4 Å². The Labute approximate surface area is 176 Å². The lowest BCUT2D eigenvalue weighted by atomic mass is 9.75. The third-order valence-corrected chi connectivity index (χ3v) is 6.09. The second-order valence-corrected chi connectivity index (χ2v) is 8.08. The molecule has 0 saturated carbocycles. The molecule has 0 aliphatic carbocycles. The SMILES string of the molecule is O=C1NC(=O)[C@@](CCc2ccncc2)(Cc2cccs2)C(=O)N1c1ccccc1F. The number of thiophene rings is 1. The lowest BCUT2D eigenvalue weighted by Gasteiger charge is -2.39. The van der Waals surface area contributed by atoms with Gasteiger partial charge in [0.15, 0.2) is 0 Å². The molecule has 1 aromatic carbocycles. The van der Waals surface area contributed by atoms with E-state index in [-0.39, 0.29) is 18.5 Å². The molecule has 1 N–H and O–H groups in total. The summed E-state index contributed by atoms with van der Waals surface area (Å²) in [5.74, 6) is -2.09. The minimum absolute atomic E-state index is 0.124. The summed E-state index contributed by atoms with van der Waals surface area (Å²) < 4.78 is 14.4.